The molecule has 0 saturated heterocycles. The zero-order chi connectivity index (χ0) is 8.27. The van der Waals surface area contributed by atoms with Crippen LogP contribution in [0.1, 0.15) is 0 Å². The number of anilines is 1. The van der Waals surface area contributed by atoms with E-state index in [-0.39, 0.29) is 17.1 Å². The van der Waals surface area contributed by atoms with E-state index < -0.39 is 0 Å². The third-order valence-corrected chi connectivity index (χ3v) is 1.21. The number of nitrogens with zero attached hydrogens (tertiary/aromatic N) is 3. The number of aromatic hydroxyl groups is 1. The van der Waals surface area contributed by atoms with Crippen LogP contribution in [0.4, 0.5) is 11.4 Å². The van der Waals surface area contributed by atoms with Crippen molar-refractivity contribution in [1.82, 2.24) is 0 Å². The van der Waals surface area contributed by atoms with Crippen molar-refractivity contribution in [2.24, 2.45) is 5.11 Å². The molecule has 3 N–H and O–H groups in total. The molecular formula is C6H6N4O. The minimum Gasteiger partial charge on any atom is -0.506 e. The molecule has 0 atom stereocenters. The number of azide groups is 1. The monoisotopic (exact) mass is 150 g/mol. The van der Waals surface area contributed by atoms with Crippen molar-refractivity contribution in [2.45, 2.75) is 0 Å². The lowest BCUT2D eigenvalue weighted by molar-refractivity contribution is 0.478. The lowest BCUT2D eigenvalue weighted by atomic mass is 10.2. The van der Waals surface area contributed by atoms with Gasteiger partial charge in [-0.15, -0.1) is 0 Å². The maximum atomic E-state index is 9.02. The highest BCUT2D eigenvalue weighted by atomic mass is 16.3. The van der Waals surface area contributed by atoms with E-state index in [1.807, 2.05) is 0 Å². The van der Waals surface area contributed by atoms with Crippen LogP contribution >= 0.6 is 0 Å². The minimum absolute atomic E-state index is 0.0742. The Kier molecular flexibility index (Phi) is 1.85. The molecule has 0 bridgehead atoms. The second-order valence-corrected chi connectivity index (χ2v) is 1.90. The zero-order valence-electron chi connectivity index (χ0n) is 5.60. The van der Waals surface area contributed by atoms with E-state index in [1.54, 1.807) is 6.07 Å². The number of para-hydroxylation sites is 1. The van der Waals surface area contributed by atoms with Crippen LogP contribution in [-0.4, -0.2) is 5.11 Å². The molecule has 0 heterocycles. The van der Waals surface area contributed by atoms with Gasteiger partial charge >= 0.3 is 0 Å². The van der Waals surface area contributed by atoms with Crippen molar-refractivity contribution >= 4 is 11.4 Å². The second-order valence-electron chi connectivity index (χ2n) is 1.90. The van der Waals surface area contributed by atoms with E-state index in [1.165, 1.54) is 12.1 Å². The molecule has 0 aliphatic heterocycles. The van der Waals surface area contributed by atoms with Crippen molar-refractivity contribution in [3.63, 3.8) is 0 Å². The Morgan fingerprint density at radius 2 is 2.27 bits per heavy atom. The van der Waals surface area contributed by atoms with Crippen molar-refractivity contribution in [3.8, 4) is 5.75 Å². The van der Waals surface area contributed by atoms with Gasteiger partial charge in [0.05, 0.1) is 11.4 Å². The molecule has 56 valence electrons. The van der Waals surface area contributed by atoms with E-state index in [9.17, 15) is 0 Å². The van der Waals surface area contributed by atoms with E-state index in [4.69, 9.17) is 16.4 Å². The van der Waals surface area contributed by atoms with Crippen LogP contribution in [0.15, 0.2) is 23.3 Å². The zero-order valence-corrected chi connectivity index (χ0v) is 5.60. The molecule has 0 aliphatic rings. The SMILES string of the molecule is [N-]=[N+]=Nc1cccc(O)c1N. The van der Waals surface area contributed by atoms with E-state index in [2.05, 4.69) is 10.0 Å². The molecule has 0 saturated carbocycles. The molecule has 0 aromatic heterocycles. The quantitative estimate of drug-likeness (QED) is 0.210. The summed E-state index contributed by atoms with van der Waals surface area (Å²) < 4.78 is 0. The molecule has 0 unspecified atom stereocenters. The number of phenolic OH excluding ortho intramolecular Hbond substituents is 1. The predicted molar refractivity (Wildman–Crippen MR) is 41.3 cm³/mol. The molecular weight excluding hydrogens is 144 g/mol. The molecule has 5 heteroatoms. The van der Waals surface area contributed by atoms with Crippen molar-refractivity contribution < 1.29 is 5.11 Å². The Bertz CT molecular complexity index is 316. The number of rotatable bonds is 1. The number of hydrogen-bond donors (Lipinski definition) is 2. The largest absolute Gasteiger partial charge is 0.506 e. The first-order valence-electron chi connectivity index (χ1n) is 2.88. The van der Waals surface area contributed by atoms with Crippen LogP contribution in [-0.2, 0) is 0 Å². The normalized spacial score (nSPS) is 8.73. The second kappa shape index (κ2) is 2.81. The maximum absolute atomic E-state index is 9.02. The van der Waals surface area contributed by atoms with Gasteiger partial charge in [-0.2, -0.15) is 0 Å². The standard InChI is InChI=1S/C6H6N4O/c7-6-4(9-10-8)2-1-3-5(6)11/h1-3,11H,7H2. The molecule has 5 nitrogen and oxygen atoms in total. The molecule has 0 fully saturated rings. The first-order valence-corrected chi connectivity index (χ1v) is 2.88. The molecule has 0 radical (unpaired) electrons. The van der Waals surface area contributed by atoms with Crippen molar-refractivity contribution in [3.05, 3.63) is 28.6 Å². The molecule has 0 aliphatic carbocycles. The van der Waals surface area contributed by atoms with E-state index in [0.717, 1.165) is 0 Å². The highest BCUT2D eigenvalue weighted by Gasteiger charge is 1.99. The smallest absolute Gasteiger partial charge is 0.138 e. The Hall–Kier alpha value is -1.87. The van der Waals surface area contributed by atoms with Crippen LogP contribution in [0.2, 0.25) is 0 Å². The Balaban J connectivity index is 3.26. The van der Waals surface area contributed by atoms with Gasteiger partial charge in [0.1, 0.15) is 5.75 Å². The fourth-order valence-electron chi connectivity index (χ4n) is 0.677. The molecule has 1 rings (SSSR count). The van der Waals surface area contributed by atoms with Crippen LogP contribution in [0.25, 0.3) is 10.4 Å². The third-order valence-electron chi connectivity index (χ3n) is 1.21. The van der Waals surface area contributed by atoms with Gasteiger partial charge in [0.25, 0.3) is 0 Å². The van der Waals surface area contributed by atoms with Crippen LogP contribution in [0.5, 0.6) is 5.75 Å². The Morgan fingerprint density at radius 3 is 2.91 bits per heavy atom. The molecule has 1 aromatic carbocycles. The Labute approximate surface area is 62.7 Å². The molecule has 0 amide bonds. The molecule has 0 spiro atoms. The molecule has 1 aromatic rings. The topological polar surface area (TPSA) is 95.0 Å². The highest BCUT2D eigenvalue weighted by Crippen LogP contribution is 2.29. The summed E-state index contributed by atoms with van der Waals surface area (Å²) in [6.07, 6.45) is 0. The lowest BCUT2D eigenvalue weighted by Gasteiger charge is -1.99. The van der Waals surface area contributed by atoms with Crippen LogP contribution < -0.4 is 5.73 Å². The van der Waals surface area contributed by atoms with E-state index >= 15 is 0 Å². The van der Waals surface area contributed by atoms with Gasteiger partial charge in [-0.3, -0.25) is 0 Å². The predicted octanol–water partition coefficient (Wildman–Crippen LogP) is 1.92. The summed E-state index contributed by atoms with van der Waals surface area (Å²) in [7, 11) is 0. The summed E-state index contributed by atoms with van der Waals surface area (Å²) in [6.45, 7) is 0. The first-order chi connectivity index (χ1) is 5.25. The van der Waals surface area contributed by atoms with Gasteiger partial charge < -0.3 is 10.8 Å². The van der Waals surface area contributed by atoms with Crippen LogP contribution in [0.3, 0.4) is 0 Å². The third kappa shape index (κ3) is 1.33. The summed E-state index contributed by atoms with van der Waals surface area (Å²) >= 11 is 0. The average molecular weight is 150 g/mol. The van der Waals surface area contributed by atoms with Gasteiger partial charge in [-0.1, -0.05) is 17.2 Å². The van der Waals surface area contributed by atoms with Gasteiger partial charge in [-0.05, 0) is 11.6 Å². The first kappa shape index (κ1) is 7.24. The minimum atomic E-state index is -0.0742. The summed E-state index contributed by atoms with van der Waals surface area (Å²) in [5.74, 6) is -0.0742. The average Bonchev–Trinajstić information content (AvgIpc) is 1.99. The number of nitrogen functional groups attached to an aromatic ring is 1. The van der Waals surface area contributed by atoms with Gasteiger partial charge in [0, 0.05) is 4.91 Å². The highest BCUT2D eigenvalue weighted by molar-refractivity contribution is 5.69. The summed E-state index contributed by atoms with van der Waals surface area (Å²) in [4.78, 5) is 2.54. The number of benzene rings is 1. The maximum Gasteiger partial charge on any atom is 0.138 e. The van der Waals surface area contributed by atoms with Crippen molar-refractivity contribution in [1.29, 1.82) is 0 Å². The van der Waals surface area contributed by atoms with E-state index in [0.29, 0.717) is 0 Å². The fraction of sp³-hybridized carbons (Fsp3) is 0. The summed E-state index contributed by atoms with van der Waals surface area (Å²) in [5, 5.41) is 12.3. The summed E-state index contributed by atoms with van der Waals surface area (Å²) in [5.41, 5.74) is 13.8. The van der Waals surface area contributed by atoms with Gasteiger partial charge in [0.15, 0.2) is 0 Å². The number of hydrogen-bond acceptors (Lipinski definition) is 3. The summed E-state index contributed by atoms with van der Waals surface area (Å²) in [6, 6.07) is 4.50. The van der Waals surface area contributed by atoms with Crippen LogP contribution in [0, 0.1) is 0 Å². The van der Waals surface area contributed by atoms with Crippen molar-refractivity contribution in [2.75, 3.05) is 5.73 Å². The number of nitrogens with two attached hydrogens (primary N) is 1. The molecule has 11 heavy (non-hydrogen) atoms. The Morgan fingerprint density at radius 1 is 1.55 bits per heavy atom. The lowest BCUT2D eigenvalue weighted by Crippen LogP contribution is -1.84. The number of phenols is 1. The fourth-order valence-corrected chi connectivity index (χ4v) is 0.677. The van der Waals surface area contributed by atoms with Gasteiger partial charge in [-0.25, -0.2) is 0 Å². The van der Waals surface area contributed by atoms with Gasteiger partial charge in [0.2, 0.25) is 0 Å².